The van der Waals surface area contributed by atoms with Crippen LogP contribution in [-0.2, 0) is 0 Å². The number of hydrogen-bond acceptors (Lipinski definition) is 2. The molecule has 0 aliphatic heterocycles. The number of benzene rings is 1. The summed E-state index contributed by atoms with van der Waals surface area (Å²) in [4.78, 5) is 11.7. The molecule has 1 aromatic rings. The van der Waals surface area contributed by atoms with E-state index in [1.807, 2.05) is 0 Å². The van der Waals surface area contributed by atoms with Crippen molar-refractivity contribution in [2.45, 2.75) is 26.3 Å². The summed E-state index contributed by atoms with van der Waals surface area (Å²) in [5, 5.41) is 11.4. The summed E-state index contributed by atoms with van der Waals surface area (Å²) in [7, 11) is 0. The van der Waals surface area contributed by atoms with Crippen molar-refractivity contribution in [2.75, 3.05) is 6.61 Å². The van der Waals surface area contributed by atoms with E-state index >= 15 is 0 Å². The molecule has 0 saturated carbocycles. The summed E-state index contributed by atoms with van der Waals surface area (Å²) in [6.07, 6.45) is 0.532. The van der Waals surface area contributed by atoms with Gasteiger partial charge >= 0.3 is 0 Å². The van der Waals surface area contributed by atoms with Crippen molar-refractivity contribution in [1.29, 1.82) is 0 Å². The number of aliphatic hydroxyl groups is 1. The lowest BCUT2D eigenvalue weighted by Gasteiger charge is -2.14. The van der Waals surface area contributed by atoms with Gasteiger partial charge in [0.2, 0.25) is 0 Å². The van der Waals surface area contributed by atoms with Crippen LogP contribution in [0, 0.1) is 18.6 Å². The van der Waals surface area contributed by atoms with Gasteiger partial charge in [0.25, 0.3) is 5.91 Å². The predicted octanol–water partition coefficient (Wildman–Crippen LogP) is 1.77. The molecule has 0 fully saturated rings. The van der Waals surface area contributed by atoms with Gasteiger partial charge in [0, 0.05) is 6.07 Å². The van der Waals surface area contributed by atoms with Crippen LogP contribution < -0.4 is 5.32 Å². The zero-order valence-electron chi connectivity index (χ0n) is 9.76. The van der Waals surface area contributed by atoms with Gasteiger partial charge in [0.05, 0.1) is 18.2 Å². The Bertz CT molecular complexity index is 417. The van der Waals surface area contributed by atoms with Crippen molar-refractivity contribution in [1.82, 2.24) is 5.32 Å². The molecule has 0 aliphatic carbocycles. The molecule has 1 aromatic carbocycles. The Morgan fingerprint density at radius 1 is 1.41 bits per heavy atom. The lowest BCUT2D eigenvalue weighted by molar-refractivity contribution is 0.0910. The van der Waals surface area contributed by atoms with Crippen LogP contribution in [0.4, 0.5) is 8.78 Å². The third kappa shape index (κ3) is 3.23. The third-order valence-electron chi connectivity index (χ3n) is 2.54. The summed E-state index contributed by atoms with van der Waals surface area (Å²) in [5.74, 6) is -2.24. The molecule has 1 amide bonds. The van der Waals surface area contributed by atoms with Gasteiger partial charge < -0.3 is 10.4 Å². The van der Waals surface area contributed by atoms with E-state index in [-0.39, 0.29) is 17.7 Å². The van der Waals surface area contributed by atoms with Crippen LogP contribution in [0.25, 0.3) is 0 Å². The first kappa shape index (κ1) is 13.6. The highest BCUT2D eigenvalue weighted by atomic mass is 19.1. The number of carbonyl (C=O) groups excluding carboxylic acids is 1. The maximum Gasteiger partial charge on any atom is 0.254 e. The van der Waals surface area contributed by atoms with Crippen LogP contribution in [0.3, 0.4) is 0 Å². The number of aryl methyl sites for hydroxylation is 1. The third-order valence-corrected chi connectivity index (χ3v) is 2.54. The number of hydrogen-bond donors (Lipinski definition) is 2. The van der Waals surface area contributed by atoms with E-state index in [4.69, 9.17) is 5.11 Å². The molecule has 0 aromatic heterocycles. The molecule has 2 N–H and O–H groups in total. The van der Waals surface area contributed by atoms with Crippen molar-refractivity contribution >= 4 is 5.91 Å². The Morgan fingerprint density at radius 2 is 2.06 bits per heavy atom. The number of aliphatic hydroxyl groups excluding tert-OH is 1. The number of halogens is 2. The molecule has 0 aliphatic rings. The Morgan fingerprint density at radius 3 is 2.59 bits per heavy atom. The quantitative estimate of drug-likeness (QED) is 0.846. The van der Waals surface area contributed by atoms with Gasteiger partial charge in [-0.3, -0.25) is 4.79 Å². The average molecular weight is 243 g/mol. The van der Waals surface area contributed by atoms with E-state index in [9.17, 15) is 13.6 Å². The molecule has 1 rings (SSSR count). The highest BCUT2D eigenvalue weighted by molar-refractivity contribution is 5.94. The first-order valence-corrected chi connectivity index (χ1v) is 5.37. The maximum absolute atomic E-state index is 13.4. The summed E-state index contributed by atoms with van der Waals surface area (Å²) >= 11 is 0. The van der Waals surface area contributed by atoms with Crippen molar-refractivity contribution in [2.24, 2.45) is 0 Å². The van der Waals surface area contributed by atoms with Crippen LogP contribution in [0.15, 0.2) is 12.1 Å². The first-order valence-electron chi connectivity index (χ1n) is 5.37. The number of amides is 1. The largest absolute Gasteiger partial charge is 0.394 e. The van der Waals surface area contributed by atoms with Crippen molar-refractivity contribution in [3.63, 3.8) is 0 Å². The fourth-order valence-electron chi connectivity index (χ4n) is 1.37. The summed E-state index contributed by atoms with van der Waals surface area (Å²) in [5.41, 5.74) is -0.00982. The van der Waals surface area contributed by atoms with E-state index in [0.717, 1.165) is 6.07 Å². The fraction of sp³-hybridized carbons (Fsp3) is 0.417. The molecule has 1 atom stereocenters. The molecule has 0 heterocycles. The molecule has 0 saturated heterocycles. The maximum atomic E-state index is 13.4. The molecule has 0 bridgehead atoms. The Balaban J connectivity index is 2.93. The first-order chi connectivity index (χ1) is 7.99. The monoisotopic (exact) mass is 243 g/mol. The van der Waals surface area contributed by atoms with Gasteiger partial charge in [-0.25, -0.2) is 8.78 Å². The fourth-order valence-corrected chi connectivity index (χ4v) is 1.37. The SMILES string of the molecule is CC[C@@H](CO)NC(=O)c1cc(C)c(F)cc1F. The van der Waals surface area contributed by atoms with Gasteiger partial charge in [-0.05, 0) is 25.0 Å². The highest BCUT2D eigenvalue weighted by Crippen LogP contribution is 2.14. The minimum atomic E-state index is -0.904. The number of carbonyl (C=O) groups is 1. The van der Waals surface area contributed by atoms with E-state index in [0.29, 0.717) is 12.5 Å². The van der Waals surface area contributed by atoms with E-state index in [2.05, 4.69) is 5.32 Å². The number of rotatable bonds is 4. The van der Waals surface area contributed by atoms with Crippen LogP contribution >= 0.6 is 0 Å². The van der Waals surface area contributed by atoms with E-state index in [1.54, 1.807) is 6.92 Å². The smallest absolute Gasteiger partial charge is 0.254 e. The van der Waals surface area contributed by atoms with Crippen molar-refractivity contribution in [3.8, 4) is 0 Å². The van der Waals surface area contributed by atoms with Crippen LogP contribution in [0.5, 0.6) is 0 Å². The second-order valence-corrected chi connectivity index (χ2v) is 3.84. The number of nitrogens with one attached hydrogen (secondary N) is 1. The summed E-state index contributed by atoms with van der Waals surface area (Å²) < 4.78 is 26.4. The Kier molecular flexibility index (Phi) is 4.57. The molecular formula is C12H15F2NO2. The molecule has 0 radical (unpaired) electrons. The van der Waals surface area contributed by atoms with E-state index in [1.165, 1.54) is 6.92 Å². The minimum absolute atomic E-state index is 0.202. The Labute approximate surface area is 98.5 Å². The second kappa shape index (κ2) is 5.72. The lowest BCUT2D eigenvalue weighted by Crippen LogP contribution is -2.37. The topological polar surface area (TPSA) is 49.3 Å². The zero-order valence-corrected chi connectivity index (χ0v) is 9.76. The summed E-state index contributed by atoms with van der Waals surface area (Å²) in [6, 6.07) is 1.42. The van der Waals surface area contributed by atoms with Crippen molar-refractivity contribution in [3.05, 3.63) is 34.9 Å². The van der Waals surface area contributed by atoms with Crippen LogP contribution in [0.1, 0.15) is 29.3 Å². The van der Waals surface area contributed by atoms with Gasteiger partial charge in [0.1, 0.15) is 11.6 Å². The van der Waals surface area contributed by atoms with Gasteiger partial charge in [-0.15, -0.1) is 0 Å². The Hall–Kier alpha value is -1.49. The van der Waals surface area contributed by atoms with Crippen LogP contribution in [0.2, 0.25) is 0 Å². The normalized spacial score (nSPS) is 12.3. The molecule has 0 unspecified atom stereocenters. The van der Waals surface area contributed by atoms with Gasteiger partial charge in [-0.2, -0.15) is 0 Å². The molecule has 5 heteroatoms. The standard InChI is InChI=1S/C12H15F2NO2/c1-3-8(6-16)15-12(17)9-4-7(2)10(13)5-11(9)14/h4-5,8,16H,3,6H2,1-2H3,(H,15,17)/t8-/m0/s1. The average Bonchev–Trinajstić information content (AvgIpc) is 2.30. The molecule has 17 heavy (non-hydrogen) atoms. The summed E-state index contributed by atoms with van der Waals surface area (Å²) in [6.45, 7) is 3.02. The molecule has 94 valence electrons. The van der Waals surface area contributed by atoms with Crippen LogP contribution in [-0.4, -0.2) is 23.7 Å². The molecule has 0 spiro atoms. The van der Waals surface area contributed by atoms with E-state index < -0.39 is 23.6 Å². The second-order valence-electron chi connectivity index (χ2n) is 3.84. The molecular weight excluding hydrogens is 228 g/mol. The zero-order chi connectivity index (χ0) is 13.0. The lowest BCUT2D eigenvalue weighted by atomic mass is 10.1. The van der Waals surface area contributed by atoms with Crippen molar-refractivity contribution < 1.29 is 18.7 Å². The predicted molar refractivity (Wildman–Crippen MR) is 59.7 cm³/mol. The molecule has 3 nitrogen and oxygen atoms in total. The minimum Gasteiger partial charge on any atom is -0.394 e. The van der Waals surface area contributed by atoms with Gasteiger partial charge in [-0.1, -0.05) is 6.92 Å². The highest BCUT2D eigenvalue weighted by Gasteiger charge is 2.16. The van der Waals surface area contributed by atoms with Gasteiger partial charge in [0.15, 0.2) is 0 Å².